The summed E-state index contributed by atoms with van der Waals surface area (Å²) in [4.78, 5) is 0. The normalized spacial score (nSPS) is 36.8. The van der Waals surface area contributed by atoms with Crippen molar-refractivity contribution in [3.8, 4) is 0 Å². The Bertz CT molecular complexity index is 162. The first-order valence-corrected chi connectivity index (χ1v) is 5.78. The Morgan fingerprint density at radius 3 is 2.67 bits per heavy atom. The van der Waals surface area contributed by atoms with Gasteiger partial charge in [0.25, 0.3) is 0 Å². The third-order valence-corrected chi connectivity index (χ3v) is 2.73. The van der Waals surface area contributed by atoms with Crippen molar-refractivity contribution in [3.05, 3.63) is 0 Å². The van der Waals surface area contributed by atoms with E-state index in [4.69, 9.17) is 9.47 Å². The van der Waals surface area contributed by atoms with Gasteiger partial charge in [-0.2, -0.15) is 0 Å². The van der Waals surface area contributed by atoms with Gasteiger partial charge in [0.15, 0.2) is 6.29 Å². The molecule has 0 spiro atoms. The standard InChI is InChI=1S/C11H22O4/c1-3-4-5-6-14-10-7-9(12)11(13)8(2)15-10/h8-13H,3-7H2,1-2H3/t8?,9?,10-,11+/m1/s1. The number of aliphatic hydroxyl groups is 2. The summed E-state index contributed by atoms with van der Waals surface area (Å²) in [6.45, 7) is 4.54. The lowest BCUT2D eigenvalue weighted by Crippen LogP contribution is -2.47. The maximum Gasteiger partial charge on any atom is 0.160 e. The average Bonchev–Trinajstić information content (AvgIpc) is 2.21. The van der Waals surface area contributed by atoms with Crippen LogP contribution < -0.4 is 0 Å². The van der Waals surface area contributed by atoms with E-state index in [-0.39, 0.29) is 12.4 Å². The van der Waals surface area contributed by atoms with Crippen LogP contribution in [0.4, 0.5) is 0 Å². The summed E-state index contributed by atoms with van der Waals surface area (Å²) >= 11 is 0. The maximum absolute atomic E-state index is 9.51. The van der Waals surface area contributed by atoms with Crippen molar-refractivity contribution >= 4 is 0 Å². The third-order valence-electron chi connectivity index (χ3n) is 2.73. The first-order chi connectivity index (χ1) is 7.15. The van der Waals surface area contributed by atoms with Gasteiger partial charge < -0.3 is 19.7 Å². The van der Waals surface area contributed by atoms with Crippen LogP contribution in [-0.2, 0) is 9.47 Å². The summed E-state index contributed by atoms with van der Waals surface area (Å²) in [6, 6.07) is 0. The number of aliphatic hydroxyl groups excluding tert-OH is 2. The first kappa shape index (κ1) is 12.9. The topological polar surface area (TPSA) is 58.9 Å². The highest BCUT2D eigenvalue weighted by Gasteiger charge is 2.34. The molecule has 0 aliphatic carbocycles. The molecule has 4 atom stereocenters. The van der Waals surface area contributed by atoms with Gasteiger partial charge in [-0.3, -0.25) is 0 Å². The summed E-state index contributed by atoms with van der Waals surface area (Å²) < 4.78 is 10.9. The maximum atomic E-state index is 9.51. The van der Waals surface area contributed by atoms with Crippen LogP contribution in [0.25, 0.3) is 0 Å². The predicted octanol–water partition coefficient (Wildman–Crippen LogP) is 1.05. The molecule has 0 aromatic carbocycles. The third kappa shape index (κ3) is 4.07. The average molecular weight is 218 g/mol. The van der Waals surface area contributed by atoms with Crippen molar-refractivity contribution in [3.63, 3.8) is 0 Å². The summed E-state index contributed by atoms with van der Waals surface area (Å²) in [5.41, 5.74) is 0. The molecular formula is C11H22O4. The number of hydrogen-bond donors (Lipinski definition) is 2. The van der Waals surface area contributed by atoms with Crippen LogP contribution in [0.1, 0.15) is 39.5 Å². The second-order valence-electron chi connectivity index (χ2n) is 4.14. The van der Waals surface area contributed by atoms with Gasteiger partial charge >= 0.3 is 0 Å². The molecule has 2 unspecified atom stereocenters. The monoisotopic (exact) mass is 218 g/mol. The predicted molar refractivity (Wildman–Crippen MR) is 56.4 cm³/mol. The quantitative estimate of drug-likeness (QED) is 0.677. The van der Waals surface area contributed by atoms with Crippen molar-refractivity contribution in [1.82, 2.24) is 0 Å². The fourth-order valence-corrected chi connectivity index (χ4v) is 1.70. The van der Waals surface area contributed by atoms with E-state index < -0.39 is 12.2 Å². The molecule has 0 bridgehead atoms. The zero-order valence-electron chi connectivity index (χ0n) is 9.56. The Balaban J connectivity index is 2.20. The minimum Gasteiger partial charge on any atom is -0.390 e. The van der Waals surface area contributed by atoms with Crippen molar-refractivity contribution in [2.24, 2.45) is 0 Å². The number of hydrogen-bond acceptors (Lipinski definition) is 4. The Labute approximate surface area is 91.2 Å². The lowest BCUT2D eigenvalue weighted by molar-refractivity contribution is -0.246. The molecule has 0 amide bonds. The molecule has 1 rings (SSSR count). The zero-order valence-corrected chi connectivity index (χ0v) is 9.56. The van der Waals surface area contributed by atoms with Gasteiger partial charge in [0.2, 0.25) is 0 Å². The molecule has 1 aliphatic heterocycles. The Morgan fingerprint density at radius 2 is 2.07 bits per heavy atom. The molecule has 2 N–H and O–H groups in total. The van der Waals surface area contributed by atoms with Crippen LogP contribution >= 0.6 is 0 Å². The molecule has 4 heteroatoms. The first-order valence-electron chi connectivity index (χ1n) is 5.78. The Hall–Kier alpha value is -0.160. The highest BCUT2D eigenvalue weighted by atomic mass is 16.7. The second-order valence-corrected chi connectivity index (χ2v) is 4.14. The van der Waals surface area contributed by atoms with E-state index >= 15 is 0 Å². The molecular weight excluding hydrogens is 196 g/mol. The highest BCUT2D eigenvalue weighted by molar-refractivity contribution is 4.79. The Kier molecular flexibility index (Phi) is 5.53. The number of unbranched alkanes of at least 4 members (excludes halogenated alkanes) is 2. The van der Waals surface area contributed by atoms with E-state index in [0.29, 0.717) is 13.0 Å². The summed E-state index contributed by atoms with van der Waals surface area (Å²) in [6.07, 6.45) is 1.44. The summed E-state index contributed by atoms with van der Waals surface area (Å²) in [5, 5.41) is 19.0. The van der Waals surface area contributed by atoms with E-state index in [1.807, 2.05) is 0 Å². The molecule has 1 fully saturated rings. The summed E-state index contributed by atoms with van der Waals surface area (Å²) in [7, 11) is 0. The van der Waals surface area contributed by atoms with Crippen LogP contribution in [0.3, 0.4) is 0 Å². The molecule has 1 aliphatic rings. The van der Waals surface area contributed by atoms with Crippen molar-refractivity contribution in [2.75, 3.05) is 6.61 Å². The fraction of sp³-hybridized carbons (Fsp3) is 1.00. The molecule has 0 aromatic rings. The molecule has 90 valence electrons. The van der Waals surface area contributed by atoms with Crippen molar-refractivity contribution in [2.45, 2.75) is 64.1 Å². The van der Waals surface area contributed by atoms with E-state index in [9.17, 15) is 10.2 Å². The van der Waals surface area contributed by atoms with Gasteiger partial charge in [0.1, 0.15) is 6.10 Å². The van der Waals surface area contributed by atoms with Gasteiger partial charge in [-0.15, -0.1) is 0 Å². The van der Waals surface area contributed by atoms with Crippen molar-refractivity contribution in [1.29, 1.82) is 0 Å². The smallest absolute Gasteiger partial charge is 0.160 e. The van der Waals surface area contributed by atoms with Gasteiger partial charge in [0, 0.05) is 13.0 Å². The molecule has 0 aromatic heterocycles. The molecule has 0 saturated carbocycles. The van der Waals surface area contributed by atoms with Crippen molar-refractivity contribution < 1.29 is 19.7 Å². The van der Waals surface area contributed by atoms with Gasteiger partial charge in [-0.25, -0.2) is 0 Å². The number of rotatable bonds is 5. The van der Waals surface area contributed by atoms with E-state index in [0.717, 1.165) is 19.3 Å². The molecule has 1 heterocycles. The van der Waals surface area contributed by atoms with Gasteiger partial charge in [0.05, 0.1) is 12.2 Å². The molecule has 15 heavy (non-hydrogen) atoms. The van der Waals surface area contributed by atoms with Gasteiger partial charge in [-0.05, 0) is 13.3 Å². The Morgan fingerprint density at radius 1 is 1.33 bits per heavy atom. The lowest BCUT2D eigenvalue weighted by atomic mass is 10.0. The minimum absolute atomic E-state index is 0.357. The van der Waals surface area contributed by atoms with E-state index in [2.05, 4.69) is 6.92 Å². The van der Waals surface area contributed by atoms with E-state index in [1.165, 1.54) is 0 Å². The van der Waals surface area contributed by atoms with E-state index in [1.54, 1.807) is 6.92 Å². The van der Waals surface area contributed by atoms with Gasteiger partial charge in [-0.1, -0.05) is 19.8 Å². The number of ether oxygens (including phenoxy) is 2. The molecule has 0 radical (unpaired) electrons. The van der Waals surface area contributed by atoms with Crippen LogP contribution in [0.5, 0.6) is 0 Å². The second kappa shape index (κ2) is 6.43. The summed E-state index contributed by atoms with van der Waals surface area (Å²) in [5.74, 6) is 0. The highest BCUT2D eigenvalue weighted by Crippen LogP contribution is 2.21. The minimum atomic E-state index is -0.791. The van der Waals surface area contributed by atoms with Crippen LogP contribution in [0.2, 0.25) is 0 Å². The van der Waals surface area contributed by atoms with Crippen LogP contribution in [-0.4, -0.2) is 41.4 Å². The molecule has 1 saturated heterocycles. The SMILES string of the molecule is CCCCCO[C@H]1CC(O)[C@@H](O)C(C)O1. The zero-order chi connectivity index (χ0) is 11.3. The lowest BCUT2D eigenvalue weighted by Gasteiger charge is -2.35. The van der Waals surface area contributed by atoms with Crippen LogP contribution in [0, 0.1) is 0 Å². The fourth-order valence-electron chi connectivity index (χ4n) is 1.70. The largest absolute Gasteiger partial charge is 0.390 e. The van der Waals surface area contributed by atoms with Crippen LogP contribution in [0.15, 0.2) is 0 Å². The molecule has 4 nitrogen and oxygen atoms in total.